The molecular weight excluding hydrogens is 338 g/mol. The van der Waals surface area contributed by atoms with E-state index in [0.29, 0.717) is 0 Å². The van der Waals surface area contributed by atoms with Crippen molar-refractivity contribution in [1.29, 1.82) is 0 Å². The standard InChI is InChI=1S/C9H7F3INO2/c1-16-7-3-5(9(10,11)12)6(13)2-4(7)8(14)15/h2-3H,1H3,(H2,14,15). The Morgan fingerprint density at radius 3 is 2.38 bits per heavy atom. The highest BCUT2D eigenvalue weighted by atomic mass is 127. The van der Waals surface area contributed by atoms with Crippen molar-refractivity contribution in [3.8, 4) is 5.75 Å². The van der Waals surface area contributed by atoms with Crippen LogP contribution in [0.3, 0.4) is 0 Å². The Bertz CT molecular complexity index is 431. The number of ether oxygens (including phenoxy) is 1. The Morgan fingerprint density at radius 1 is 1.44 bits per heavy atom. The molecule has 1 amide bonds. The van der Waals surface area contributed by atoms with Gasteiger partial charge in [-0.1, -0.05) is 0 Å². The lowest BCUT2D eigenvalue weighted by molar-refractivity contribution is -0.138. The molecule has 0 atom stereocenters. The van der Waals surface area contributed by atoms with E-state index < -0.39 is 17.6 Å². The van der Waals surface area contributed by atoms with E-state index in [1.165, 1.54) is 29.7 Å². The van der Waals surface area contributed by atoms with Gasteiger partial charge in [0.05, 0.1) is 18.2 Å². The number of alkyl halides is 3. The summed E-state index contributed by atoms with van der Waals surface area (Å²) >= 11 is 1.49. The summed E-state index contributed by atoms with van der Waals surface area (Å²) in [6.07, 6.45) is -4.49. The molecule has 0 bridgehead atoms. The monoisotopic (exact) mass is 345 g/mol. The minimum absolute atomic E-state index is 0.0695. The maximum Gasteiger partial charge on any atom is 0.417 e. The molecule has 16 heavy (non-hydrogen) atoms. The van der Waals surface area contributed by atoms with Crippen molar-refractivity contribution in [1.82, 2.24) is 0 Å². The summed E-state index contributed by atoms with van der Waals surface area (Å²) in [7, 11) is 1.18. The van der Waals surface area contributed by atoms with Crippen molar-refractivity contribution >= 4 is 28.5 Å². The second-order valence-corrected chi connectivity index (χ2v) is 4.06. The van der Waals surface area contributed by atoms with Crippen LogP contribution in [0.15, 0.2) is 12.1 Å². The molecule has 88 valence electrons. The maximum atomic E-state index is 12.5. The van der Waals surface area contributed by atoms with E-state index in [2.05, 4.69) is 0 Å². The third kappa shape index (κ3) is 2.57. The van der Waals surface area contributed by atoms with Crippen molar-refractivity contribution in [2.24, 2.45) is 5.73 Å². The van der Waals surface area contributed by atoms with E-state index in [4.69, 9.17) is 10.5 Å². The maximum absolute atomic E-state index is 12.5. The molecule has 3 nitrogen and oxygen atoms in total. The van der Waals surface area contributed by atoms with Gasteiger partial charge in [-0.25, -0.2) is 0 Å². The minimum Gasteiger partial charge on any atom is -0.496 e. The normalized spacial score (nSPS) is 11.3. The van der Waals surface area contributed by atoms with Gasteiger partial charge >= 0.3 is 6.18 Å². The molecule has 0 saturated heterocycles. The fourth-order valence-corrected chi connectivity index (χ4v) is 1.90. The number of primary amides is 1. The Kier molecular flexibility index (Phi) is 3.66. The van der Waals surface area contributed by atoms with E-state index in [1.54, 1.807) is 0 Å². The lowest BCUT2D eigenvalue weighted by atomic mass is 10.1. The Balaban J connectivity index is 3.43. The topological polar surface area (TPSA) is 52.3 Å². The number of carbonyl (C=O) groups excluding carboxylic acids is 1. The zero-order valence-corrected chi connectivity index (χ0v) is 10.2. The van der Waals surface area contributed by atoms with Gasteiger partial charge in [-0.15, -0.1) is 0 Å². The van der Waals surface area contributed by atoms with Gasteiger partial charge in [0, 0.05) is 3.57 Å². The van der Waals surface area contributed by atoms with Gasteiger partial charge < -0.3 is 10.5 Å². The third-order valence-corrected chi connectivity index (χ3v) is 2.75. The highest BCUT2D eigenvalue weighted by Gasteiger charge is 2.34. The number of hydrogen-bond acceptors (Lipinski definition) is 2. The number of carbonyl (C=O) groups is 1. The first-order valence-corrected chi connectivity index (χ1v) is 5.09. The summed E-state index contributed by atoms with van der Waals surface area (Å²) in [6.45, 7) is 0. The quantitative estimate of drug-likeness (QED) is 0.837. The number of methoxy groups -OCH3 is 1. The summed E-state index contributed by atoms with van der Waals surface area (Å²) in [5.74, 6) is -1.01. The number of rotatable bonds is 2. The lowest BCUT2D eigenvalue weighted by Gasteiger charge is -2.13. The average molecular weight is 345 g/mol. The minimum atomic E-state index is -4.49. The second-order valence-electron chi connectivity index (χ2n) is 2.89. The molecule has 1 aromatic carbocycles. The molecule has 1 rings (SSSR count). The Hall–Kier alpha value is -0.990. The summed E-state index contributed by atoms with van der Waals surface area (Å²) in [6, 6.07) is 1.83. The Labute approximate surface area is 103 Å². The molecule has 0 heterocycles. The molecule has 7 heteroatoms. The van der Waals surface area contributed by atoms with Crippen LogP contribution in [0.25, 0.3) is 0 Å². The zero-order valence-electron chi connectivity index (χ0n) is 8.06. The summed E-state index contributed by atoms with van der Waals surface area (Å²) in [5.41, 5.74) is 4.09. The number of amides is 1. The van der Waals surface area contributed by atoms with Crippen LogP contribution in [0.5, 0.6) is 5.75 Å². The van der Waals surface area contributed by atoms with Gasteiger partial charge in [0.2, 0.25) is 0 Å². The largest absolute Gasteiger partial charge is 0.496 e. The van der Waals surface area contributed by atoms with Crippen molar-refractivity contribution in [2.45, 2.75) is 6.18 Å². The number of nitrogens with two attached hydrogens (primary N) is 1. The lowest BCUT2D eigenvalue weighted by Crippen LogP contribution is -2.15. The second kappa shape index (κ2) is 4.48. The van der Waals surface area contributed by atoms with Crippen molar-refractivity contribution in [2.75, 3.05) is 7.11 Å². The van der Waals surface area contributed by atoms with Crippen molar-refractivity contribution in [3.63, 3.8) is 0 Å². The smallest absolute Gasteiger partial charge is 0.417 e. The molecule has 0 aliphatic carbocycles. The fourth-order valence-electron chi connectivity index (χ4n) is 1.13. The van der Waals surface area contributed by atoms with Crippen molar-refractivity contribution < 1.29 is 22.7 Å². The van der Waals surface area contributed by atoms with Crippen LogP contribution in [0.2, 0.25) is 0 Å². The number of benzene rings is 1. The van der Waals surface area contributed by atoms with Crippen molar-refractivity contribution in [3.05, 3.63) is 26.8 Å². The molecule has 0 radical (unpaired) electrons. The number of halogens is 4. The highest BCUT2D eigenvalue weighted by molar-refractivity contribution is 14.1. The average Bonchev–Trinajstić information content (AvgIpc) is 2.15. The molecule has 1 aromatic rings. The molecule has 0 unspecified atom stereocenters. The first-order valence-electron chi connectivity index (χ1n) is 4.02. The molecule has 0 aliphatic rings. The van der Waals surface area contributed by atoms with Crippen LogP contribution in [0.4, 0.5) is 13.2 Å². The molecule has 0 fully saturated rings. The third-order valence-electron chi connectivity index (χ3n) is 1.86. The van der Waals surface area contributed by atoms with Gasteiger partial charge in [0.25, 0.3) is 5.91 Å². The van der Waals surface area contributed by atoms with E-state index in [0.717, 1.165) is 12.1 Å². The van der Waals surface area contributed by atoms with E-state index in [1.807, 2.05) is 0 Å². The summed E-state index contributed by atoms with van der Waals surface area (Å²) in [4.78, 5) is 11.0. The predicted molar refractivity (Wildman–Crippen MR) is 59.2 cm³/mol. The molecule has 0 spiro atoms. The molecule has 0 aliphatic heterocycles. The predicted octanol–water partition coefficient (Wildman–Crippen LogP) is 2.42. The van der Waals surface area contributed by atoms with E-state index in [9.17, 15) is 18.0 Å². The van der Waals surface area contributed by atoms with Crippen LogP contribution in [-0.2, 0) is 6.18 Å². The van der Waals surface area contributed by atoms with Gasteiger partial charge in [-0.3, -0.25) is 4.79 Å². The van der Waals surface area contributed by atoms with Gasteiger partial charge in [-0.05, 0) is 34.7 Å². The summed E-state index contributed by atoms with van der Waals surface area (Å²) in [5, 5.41) is 0. The highest BCUT2D eigenvalue weighted by Crippen LogP contribution is 2.36. The van der Waals surface area contributed by atoms with Crippen LogP contribution in [0, 0.1) is 3.57 Å². The van der Waals surface area contributed by atoms with Gasteiger partial charge in [0.1, 0.15) is 5.75 Å². The van der Waals surface area contributed by atoms with Crippen LogP contribution in [-0.4, -0.2) is 13.0 Å². The summed E-state index contributed by atoms with van der Waals surface area (Å²) < 4.78 is 42.2. The zero-order chi connectivity index (χ0) is 12.5. The molecule has 0 saturated carbocycles. The number of hydrogen-bond donors (Lipinski definition) is 1. The molecular formula is C9H7F3INO2. The fraction of sp³-hybridized carbons (Fsp3) is 0.222. The molecule has 2 N–H and O–H groups in total. The Morgan fingerprint density at radius 2 is 2.00 bits per heavy atom. The van der Waals surface area contributed by atoms with Gasteiger partial charge in [0.15, 0.2) is 0 Å². The van der Waals surface area contributed by atoms with Crippen LogP contribution < -0.4 is 10.5 Å². The van der Waals surface area contributed by atoms with Gasteiger partial charge in [-0.2, -0.15) is 13.2 Å². The molecule has 0 aromatic heterocycles. The first-order chi connectivity index (χ1) is 7.27. The SMILES string of the molecule is COc1cc(C(F)(F)F)c(I)cc1C(N)=O. The van der Waals surface area contributed by atoms with E-state index >= 15 is 0 Å². The van der Waals surface area contributed by atoms with Crippen LogP contribution >= 0.6 is 22.6 Å². The van der Waals surface area contributed by atoms with E-state index in [-0.39, 0.29) is 14.9 Å². The first kappa shape index (κ1) is 13.1. The van der Waals surface area contributed by atoms with Crippen LogP contribution in [0.1, 0.15) is 15.9 Å².